The van der Waals surface area contributed by atoms with Gasteiger partial charge in [-0.3, -0.25) is 16.0 Å². The summed E-state index contributed by atoms with van der Waals surface area (Å²) in [5.41, 5.74) is 6.57. The summed E-state index contributed by atoms with van der Waals surface area (Å²) in [7, 11) is 3.99. The molecule has 0 bridgehead atoms. The minimum atomic E-state index is 0.218. The zero-order valence-corrected chi connectivity index (χ0v) is 12.7. The summed E-state index contributed by atoms with van der Waals surface area (Å²) < 4.78 is 3.97. The predicted octanol–water partition coefficient (Wildman–Crippen LogP) is 0.778. The monoisotopic (exact) mass is 276 g/mol. The Bertz CT molecular complexity index is 568. The smallest absolute Gasteiger partial charge is 0.109 e. The van der Waals surface area contributed by atoms with Gasteiger partial charge in [-0.05, 0) is 32.3 Å². The number of hydrogen-bond donors (Lipinski definition) is 2. The Labute approximate surface area is 120 Å². The summed E-state index contributed by atoms with van der Waals surface area (Å²) in [4.78, 5) is 4.35. The van der Waals surface area contributed by atoms with Crippen LogP contribution < -0.4 is 11.3 Å². The van der Waals surface area contributed by atoms with Gasteiger partial charge < -0.3 is 4.57 Å². The molecular formula is C14H24N6. The van der Waals surface area contributed by atoms with Crippen molar-refractivity contribution in [3.8, 4) is 0 Å². The van der Waals surface area contributed by atoms with Crippen molar-refractivity contribution >= 4 is 0 Å². The lowest BCUT2D eigenvalue weighted by atomic mass is 10.0. The van der Waals surface area contributed by atoms with Gasteiger partial charge in [-0.15, -0.1) is 0 Å². The minimum Gasteiger partial charge on any atom is -0.338 e. The van der Waals surface area contributed by atoms with E-state index in [-0.39, 0.29) is 6.04 Å². The van der Waals surface area contributed by atoms with Gasteiger partial charge in [-0.1, -0.05) is 0 Å². The van der Waals surface area contributed by atoms with E-state index in [1.807, 2.05) is 35.7 Å². The highest BCUT2D eigenvalue weighted by atomic mass is 15.3. The number of nitrogens with two attached hydrogens (primary N) is 1. The molecule has 110 valence electrons. The van der Waals surface area contributed by atoms with Crippen LogP contribution >= 0.6 is 0 Å². The van der Waals surface area contributed by atoms with Gasteiger partial charge in [0.15, 0.2) is 0 Å². The number of aryl methyl sites for hydroxylation is 3. The van der Waals surface area contributed by atoms with Crippen LogP contribution in [0.3, 0.4) is 0 Å². The van der Waals surface area contributed by atoms with E-state index >= 15 is 0 Å². The van der Waals surface area contributed by atoms with Crippen molar-refractivity contribution in [2.75, 3.05) is 0 Å². The SMILES string of the molecule is Cc1nn(C)c(C)c1CCC(Cc1nccn1C)NN. The second kappa shape index (κ2) is 6.19. The summed E-state index contributed by atoms with van der Waals surface area (Å²) in [6.45, 7) is 4.17. The van der Waals surface area contributed by atoms with E-state index in [9.17, 15) is 0 Å². The molecule has 2 aromatic rings. The molecule has 20 heavy (non-hydrogen) atoms. The Morgan fingerprint density at radius 2 is 2.10 bits per heavy atom. The first-order valence-corrected chi connectivity index (χ1v) is 6.94. The summed E-state index contributed by atoms with van der Waals surface area (Å²) in [5.74, 6) is 6.73. The van der Waals surface area contributed by atoms with Gasteiger partial charge in [-0.2, -0.15) is 5.10 Å². The largest absolute Gasteiger partial charge is 0.338 e. The van der Waals surface area contributed by atoms with Crippen LogP contribution in [0.5, 0.6) is 0 Å². The number of nitrogens with zero attached hydrogens (tertiary/aromatic N) is 4. The number of hydrogen-bond acceptors (Lipinski definition) is 4. The zero-order chi connectivity index (χ0) is 14.7. The first kappa shape index (κ1) is 14.7. The van der Waals surface area contributed by atoms with Crippen LogP contribution in [0.15, 0.2) is 12.4 Å². The van der Waals surface area contributed by atoms with Crippen LogP contribution in [-0.2, 0) is 26.9 Å². The molecule has 0 aliphatic carbocycles. The van der Waals surface area contributed by atoms with Crippen molar-refractivity contribution in [1.29, 1.82) is 0 Å². The summed E-state index contributed by atoms with van der Waals surface area (Å²) in [6.07, 6.45) is 6.55. The van der Waals surface area contributed by atoms with Gasteiger partial charge in [0.1, 0.15) is 5.82 Å². The molecule has 6 nitrogen and oxygen atoms in total. The molecule has 0 saturated heterocycles. The predicted molar refractivity (Wildman–Crippen MR) is 79.0 cm³/mol. The van der Waals surface area contributed by atoms with Crippen molar-refractivity contribution < 1.29 is 0 Å². The van der Waals surface area contributed by atoms with Crippen LogP contribution in [0.2, 0.25) is 0 Å². The molecule has 0 spiro atoms. The molecule has 0 fully saturated rings. The summed E-state index contributed by atoms with van der Waals surface area (Å²) in [5, 5.41) is 4.45. The standard InChI is InChI=1S/C14H24N6/c1-10-13(11(2)20(4)18-10)6-5-12(17-15)9-14-16-7-8-19(14)3/h7-8,12,17H,5-6,9,15H2,1-4H3. The molecule has 0 saturated carbocycles. The molecule has 1 unspecified atom stereocenters. The number of nitrogens with one attached hydrogen (secondary N) is 1. The quantitative estimate of drug-likeness (QED) is 0.604. The highest BCUT2D eigenvalue weighted by Crippen LogP contribution is 2.15. The van der Waals surface area contributed by atoms with Crippen molar-refractivity contribution in [2.24, 2.45) is 19.9 Å². The van der Waals surface area contributed by atoms with E-state index in [0.29, 0.717) is 0 Å². The third-order valence-corrected chi connectivity index (χ3v) is 3.99. The number of rotatable bonds is 6. The fourth-order valence-corrected chi connectivity index (χ4v) is 2.56. The fraction of sp³-hybridized carbons (Fsp3) is 0.571. The first-order valence-electron chi connectivity index (χ1n) is 6.94. The molecular weight excluding hydrogens is 252 g/mol. The fourth-order valence-electron chi connectivity index (χ4n) is 2.56. The average Bonchev–Trinajstić information content (AvgIpc) is 2.91. The Balaban J connectivity index is 1.99. The maximum Gasteiger partial charge on any atom is 0.109 e. The highest BCUT2D eigenvalue weighted by molar-refractivity contribution is 5.24. The summed E-state index contributed by atoms with van der Waals surface area (Å²) in [6, 6.07) is 0.218. The highest BCUT2D eigenvalue weighted by Gasteiger charge is 2.14. The molecule has 0 aliphatic heterocycles. The van der Waals surface area contributed by atoms with Gasteiger partial charge in [-0.25, -0.2) is 4.98 Å². The van der Waals surface area contributed by atoms with Gasteiger partial charge in [0, 0.05) is 44.6 Å². The third-order valence-electron chi connectivity index (χ3n) is 3.99. The second-order valence-electron chi connectivity index (χ2n) is 5.33. The van der Waals surface area contributed by atoms with Gasteiger partial charge in [0.2, 0.25) is 0 Å². The number of aromatic nitrogens is 4. The van der Waals surface area contributed by atoms with Crippen molar-refractivity contribution in [2.45, 2.75) is 39.2 Å². The van der Waals surface area contributed by atoms with E-state index in [4.69, 9.17) is 5.84 Å². The molecule has 0 radical (unpaired) electrons. The second-order valence-corrected chi connectivity index (χ2v) is 5.33. The maximum atomic E-state index is 5.68. The molecule has 3 N–H and O–H groups in total. The lowest BCUT2D eigenvalue weighted by Gasteiger charge is -2.15. The van der Waals surface area contributed by atoms with Gasteiger partial charge in [0.05, 0.1) is 5.69 Å². The normalized spacial score (nSPS) is 12.8. The molecule has 2 aromatic heterocycles. The number of imidazole rings is 1. The lowest BCUT2D eigenvalue weighted by molar-refractivity contribution is 0.476. The Kier molecular flexibility index (Phi) is 4.57. The average molecular weight is 276 g/mol. The van der Waals surface area contributed by atoms with Crippen LogP contribution in [-0.4, -0.2) is 25.4 Å². The zero-order valence-electron chi connectivity index (χ0n) is 12.7. The Morgan fingerprint density at radius 1 is 1.35 bits per heavy atom. The first-order chi connectivity index (χ1) is 9.52. The molecule has 0 aromatic carbocycles. The topological polar surface area (TPSA) is 73.7 Å². The van der Waals surface area contributed by atoms with E-state index in [0.717, 1.165) is 30.8 Å². The molecule has 0 aliphatic rings. The Hall–Kier alpha value is -1.66. The van der Waals surface area contributed by atoms with Crippen LogP contribution in [0, 0.1) is 13.8 Å². The van der Waals surface area contributed by atoms with E-state index in [1.54, 1.807) is 0 Å². The number of hydrazine groups is 1. The summed E-state index contributed by atoms with van der Waals surface area (Å²) >= 11 is 0. The molecule has 2 rings (SSSR count). The van der Waals surface area contributed by atoms with Crippen molar-refractivity contribution in [1.82, 2.24) is 24.8 Å². The van der Waals surface area contributed by atoms with Crippen molar-refractivity contribution in [3.63, 3.8) is 0 Å². The van der Waals surface area contributed by atoms with Crippen LogP contribution in [0.1, 0.15) is 29.2 Å². The van der Waals surface area contributed by atoms with Gasteiger partial charge in [0.25, 0.3) is 0 Å². The van der Waals surface area contributed by atoms with E-state index in [2.05, 4.69) is 29.4 Å². The lowest BCUT2D eigenvalue weighted by Crippen LogP contribution is -2.37. The van der Waals surface area contributed by atoms with Gasteiger partial charge >= 0.3 is 0 Å². The van der Waals surface area contributed by atoms with E-state index in [1.165, 1.54) is 11.3 Å². The molecule has 1 atom stereocenters. The third kappa shape index (κ3) is 3.08. The van der Waals surface area contributed by atoms with Crippen LogP contribution in [0.25, 0.3) is 0 Å². The Morgan fingerprint density at radius 3 is 2.60 bits per heavy atom. The van der Waals surface area contributed by atoms with Crippen molar-refractivity contribution in [3.05, 3.63) is 35.2 Å². The van der Waals surface area contributed by atoms with Crippen LogP contribution in [0.4, 0.5) is 0 Å². The molecule has 0 amide bonds. The molecule has 2 heterocycles. The van der Waals surface area contributed by atoms with E-state index < -0.39 is 0 Å². The molecule has 6 heteroatoms. The minimum absolute atomic E-state index is 0.218. The maximum absolute atomic E-state index is 5.68.